The van der Waals surface area contributed by atoms with E-state index in [9.17, 15) is 0 Å². The van der Waals surface area contributed by atoms with Gasteiger partial charge < -0.3 is 44.6 Å². The fourth-order valence-corrected chi connectivity index (χ4v) is 0. The Morgan fingerprint density at radius 2 is 0.286 bits per heavy atom. The van der Waals surface area contributed by atoms with Gasteiger partial charge in [-0.25, -0.2) is 0 Å². The van der Waals surface area contributed by atoms with Crippen molar-refractivity contribution >= 4 is 8.38 Å². The van der Waals surface area contributed by atoms with Gasteiger partial charge in [-0.2, -0.15) is 0 Å². The summed E-state index contributed by atoms with van der Waals surface area (Å²) in [5.74, 6) is 0. The van der Waals surface area contributed by atoms with E-state index >= 15 is 0 Å². The fourth-order valence-electron chi connectivity index (χ4n) is 0. The number of hydrogen-bond acceptors (Lipinski definition) is 0. The van der Waals surface area contributed by atoms with E-state index in [1.54, 1.807) is 0 Å². The van der Waals surface area contributed by atoms with Gasteiger partial charge in [-0.1, -0.05) is 21.3 Å². The molecule has 0 aliphatic rings. The predicted molar refractivity (Wildman–Crippen MR) is 63.7 cm³/mol. The van der Waals surface area contributed by atoms with Crippen LogP contribution in [-0.2, 0) is 589 Å². The Morgan fingerprint density at radius 1 is 0.286 bits per heavy atom. The summed E-state index contributed by atoms with van der Waals surface area (Å²) in [5.41, 5.74) is 0. The van der Waals surface area contributed by atoms with E-state index in [-0.39, 0.29) is 641 Å². The van der Waals surface area contributed by atoms with Crippen LogP contribution in [0.3, 0.4) is 0 Å². The molecule has 0 amide bonds. The van der Waals surface area contributed by atoms with Crippen molar-refractivity contribution in [3.63, 3.8) is 0 Å². The second kappa shape index (κ2) is 249. The zero-order chi connectivity index (χ0) is 4.00. The normalized spacial score (nSPS) is 0.429. The second-order valence-corrected chi connectivity index (χ2v) is 0. The molecule has 0 heterocycles. The van der Waals surface area contributed by atoms with Crippen LogP contribution in [0.15, 0.2) is 0 Å². The molecule has 128 valence electrons. The standard InChI is InChI=1S/C2H6.CH4.6CH3.BH.18Y/c1-2;;;;;;;;;;;;;;;;;;;;;;;;;;/h1-2H3;1H4;6*1H3;1H;;;;;;;;;;;;;;;;;;/q;;6*-1;;;;;;;;;;;;;;;;;;;/i;;;;;;;;1D;;;;;;;;;;;;;;;;;;. The SMILES string of the molecule is C.CC.[2H][B].[CH3-].[CH3-].[CH3-].[CH3-].[CH3-].[CH3-].[Y].[Y].[Y].[Y].[Y].[Y].[Y].[Y].[Y].[Y].[Y].[Y].[Y].[Y].[Y].[Y].[Y].[Y]. The smallest absolute Gasteiger partial charge is 0.0379 e. The average Bonchev–Trinajstić information content (AvgIpc) is 1.50. The Morgan fingerprint density at radius 3 is 0.286 bits per heavy atom. The van der Waals surface area contributed by atoms with Gasteiger partial charge >= 0.3 is 0 Å². The molecule has 28 heavy (non-hydrogen) atoms. The Labute approximate surface area is 641 Å². The molecule has 0 unspecified atom stereocenters. The topological polar surface area (TPSA) is 0 Å². The third-order valence-electron chi connectivity index (χ3n) is 0. The molecule has 0 fully saturated rings. The third kappa shape index (κ3) is 233. The summed E-state index contributed by atoms with van der Waals surface area (Å²) < 4.78 is 5.25. The molecule has 0 bridgehead atoms. The first-order valence-corrected chi connectivity index (χ1v) is 1.00. The minimum atomic E-state index is 0. The van der Waals surface area contributed by atoms with Gasteiger partial charge in [0.25, 0.3) is 0 Å². The van der Waals surface area contributed by atoms with Gasteiger partial charge in [-0.3, -0.25) is 0 Å². The van der Waals surface area contributed by atoms with Crippen LogP contribution in [0.1, 0.15) is 21.3 Å². The molecular formula is C9H29BY18-6. The predicted octanol–water partition coefficient (Wildman–Crippen LogP) is 3.67. The van der Waals surface area contributed by atoms with E-state index in [1.165, 1.54) is 0 Å². The van der Waals surface area contributed by atoms with Crippen LogP contribution < -0.4 is 0 Å². The molecule has 0 rings (SSSR count). The summed E-state index contributed by atoms with van der Waals surface area (Å²) in [6, 6.07) is 0. The molecule has 0 aliphatic carbocycles. The maximum Gasteiger partial charge on any atom is 0.0379 e. The third-order valence-corrected chi connectivity index (χ3v) is 0. The van der Waals surface area contributed by atoms with Gasteiger partial charge in [0.1, 0.15) is 0 Å². The van der Waals surface area contributed by atoms with Gasteiger partial charge in [0.2, 0.25) is 0 Å². The summed E-state index contributed by atoms with van der Waals surface area (Å²) in [5, 5.41) is 0. The van der Waals surface area contributed by atoms with Crippen molar-refractivity contribution in [1.29, 1.82) is 1.34 Å². The number of rotatable bonds is 0. The van der Waals surface area contributed by atoms with Crippen molar-refractivity contribution in [3.05, 3.63) is 44.6 Å². The van der Waals surface area contributed by atoms with Crippen molar-refractivity contribution in [2.24, 2.45) is 0 Å². The van der Waals surface area contributed by atoms with E-state index in [0.29, 0.717) is 0 Å². The molecule has 0 atom stereocenters. The molecule has 0 nitrogen and oxygen atoms in total. The molecule has 20 radical (unpaired) electrons. The summed E-state index contributed by atoms with van der Waals surface area (Å²) in [6.45, 7) is 4.00. The Balaban J connectivity index is -0.0000000000593. The molecule has 0 spiro atoms. The quantitative estimate of drug-likeness (QED) is 0.257. The van der Waals surface area contributed by atoms with Crippen LogP contribution >= 0.6 is 0 Å². The first-order valence-electron chi connectivity index (χ1n) is 1.58. The van der Waals surface area contributed by atoms with Gasteiger partial charge in [-0.15, -0.1) is 0 Å². The first-order chi connectivity index (χ1) is 2.00. The van der Waals surface area contributed by atoms with Gasteiger partial charge in [-0.05, 0) is 1.34 Å². The van der Waals surface area contributed by atoms with Crippen molar-refractivity contribution in [1.82, 2.24) is 0 Å². The molecule has 0 N–H and O–H groups in total. The van der Waals surface area contributed by atoms with Crippen molar-refractivity contribution in [2.45, 2.75) is 21.3 Å². The van der Waals surface area contributed by atoms with Crippen LogP contribution in [-0.4, -0.2) is 9.71 Å². The van der Waals surface area contributed by atoms with E-state index in [0.717, 1.165) is 0 Å². The monoisotopic (exact) mass is 1750 g/mol. The summed E-state index contributed by atoms with van der Waals surface area (Å²) in [4.78, 5) is 0. The summed E-state index contributed by atoms with van der Waals surface area (Å²) >= 11 is 0. The van der Waals surface area contributed by atoms with E-state index in [1.807, 2.05) is 13.8 Å². The second-order valence-electron chi connectivity index (χ2n) is 0. The minimum Gasteiger partial charge on any atom is -0.358 e. The molecule has 19 heteroatoms. The van der Waals surface area contributed by atoms with Crippen LogP contribution in [0.2, 0.25) is 0 Å². The van der Waals surface area contributed by atoms with Crippen molar-refractivity contribution < 1.29 is 589 Å². The Kier molecular flexibility index (Phi) is 1950. The molecule has 0 aromatic rings. The van der Waals surface area contributed by atoms with E-state index in [2.05, 4.69) is 8.38 Å². The van der Waals surface area contributed by atoms with Crippen LogP contribution in [0.5, 0.6) is 0 Å². The fraction of sp³-hybridized carbons (Fsp3) is 0.333. The van der Waals surface area contributed by atoms with Crippen LogP contribution in [0.25, 0.3) is 0 Å². The Hall–Kier alpha value is 19.9. The maximum absolute atomic E-state index is 5.25. The summed E-state index contributed by atoms with van der Waals surface area (Å²) in [6.07, 6.45) is 0. The molecular weight excluding hydrogens is 1720 g/mol. The maximum atomic E-state index is 5.25. The first kappa shape index (κ1) is 219. The zero-order valence-corrected chi connectivity index (χ0v) is 70.1. The van der Waals surface area contributed by atoms with Gasteiger partial charge in [0.15, 0.2) is 0 Å². The van der Waals surface area contributed by atoms with E-state index < -0.39 is 0 Å². The Bertz CT molecular complexity index is 37.3. The summed E-state index contributed by atoms with van der Waals surface area (Å²) in [7, 11) is 3.75. The van der Waals surface area contributed by atoms with Crippen LogP contribution in [0.4, 0.5) is 0 Å². The molecule has 0 saturated carbocycles. The van der Waals surface area contributed by atoms with Crippen molar-refractivity contribution in [3.8, 4) is 0 Å². The minimum absolute atomic E-state index is 0. The molecule has 0 saturated heterocycles. The largest absolute Gasteiger partial charge is 0.358 e. The van der Waals surface area contributed by atoms with Gasteiger partial charge in [0.05, 0.1) is 0 Å². The molecule has 0 aliphatic heterocycles. The zero-order valence-electron chi connectivity index (χ0n) is 20.0. The van der Waals surface area contributed by atoms with Crippen LogP contribution in [0, 0.1) is 44.6 Å². The average molecular weight is 1750 g/mol. The number of hydrogen-bond donors (Lipinski definition) is 0. The van der Waals surface area contributed by atoms with E-state index in [4.69, 9.17) is 1.34 Å². The molecule has 0 aromatic heterocycles. The van der Waals surface area contributed by atoms with Crippen molar-refractivity contribution in [2.75, 3.05) is 0 Å². The molecule has 0 aromatic carbocycles. The van der Waals surface area contributed by atoms with Gasteiger partial charge in [0, 0.05) is 597 Å².